The van der Waals surface area contributed by atoms with Crippen LogP contribution in [0.5, 0.6) is 0 Å². The fourth-order valence-electron chi connectivity index (χ4n) is 2.66. The molecule has 1 atom stereocenters. The summed E-state index contributed by atoms with van der Waals surface area (Å²) in [6, 6.07) is 11.5. The molecular formula is C17H21N3O4S. The second kappa shape index (κ2) is 7.47. The van der Waals surface area contributed by atoms with Gasteiger partial charge in [0, 0.05) is 18.2 Å². The molecule has 1 aliphatic rings. The molecule has 0 bridgehead atoms. The van der Waals surface area contributed by atoms with Crippen LogP contribution in [0, 0.1) is 0 Å². The van der Waals surface area contributed by atoms with Crippen LogP contribution in [0.25, 0.3) is 11.4 Å². The van der Waals surface area contributed by atoms with Crippen LogP contribution < -0.4 is 4.90 Å². The van der Waals surface area contributed by atoms with Crippen molar-refractivity contribution in [1.29, 1.82) is 0 Å². The highest BCUT2D eigenvalue weighted by molar-refractivity contribution is 7.85. The summed E-state index contributed by atoms with van der Waals surface area (Å²) < 4.78 is 33.0. The van der Waals surface area contributed by atoms with Crippen LogP contribution in [0.15, 0.2) is 36.4 Å². The molecular weight excluding hydrogens is 342 g/mol. The lowest BCUT2D eigenvalue weighted by atomic mass is 10.2. The fourth-order valence-corrected chi connectivity index (χ4v) is 2.99. The molecule has 134 valence electrons. The Bertz CT molecular complexity index is 827. The highest BCUT2D eigenvalue weighted by atomic mass is 32.2. The van der Waals surface area contributed by atoms with E-state index in [9.17, 15) is 8.42 Å². The average molecular weight is 363 g/mol. The number of ether oxygens (including phenoxy) is 1. The molecule has 0 N–H and O–H groups in total. The van der Waals surface area contributed by atoms with Crippen molar-refractivity contribution in [3.8, 4) is 11.4 Å². The summed E-state index contributed by atoms with van der Waals surface area (Å²) in [7, 11) is -3.54. The molecule has 8 heteroatoms. The van der Waals surface area contributed by atoms with E-state index in [2.05, 4.69) is 21.8 Å². The Morgan fingerprint density at radius 2 is 2.04 bits per heavy atom. The standard InChI is InChI=1S/C17H21N3O4S/c1-13-11-23-9-8-20(13)16-10-15(12-24-25(2,21)22)18-17(19-16)14-6-4-3-5-7-14/h3-7,10,13H,8-9,11-12H2,1-2H3/t13-/m0/s1. The largest absolute Gasteiger partial charge is 0.377 e. The average Bonchev–Trinajstić information content (AvgIpc) is 2.60. The lowest BCUT2D eigenvalue weighted by Gasteiger charge is -2.34. The highest BCUT2D eigenvalue weighted by Crippen LogP contribution is 2.23. The van der Waals surface area contributed by atoms with Crippen molar-refractivity contribution < 1.29 is 17.3 Å². The van der Waals surface area contributed by atoms with Crippen molar-refractivity contribution in [3.05, 3.63) is 42.1 Å². The SMILES string of the molecule is C[C@H]1COCCN1c1cc(COS(C)(=O)=O)nc(-c2ccccc2)n1. The first-order chi connectivity index (χ1) is 11.9. The van der Waals surface area contributed by atoms with Crippen LogP contribution in [0.3, 0.4) is 0 Å². The maximum atomic E-state index is 11.3. The molecule has 0 spiro atoms. The molecule has 2 aromatic rings. The van der Waals surface area contributed by atoms with E-state index >= 15 is 0 Å². The van der Waals surface area contributed by atoms with Gasteiger partial charge in [-0.05, 0) is 6.92 Å². The molecule has 1 fully saturated rings. The zero-order chi connectivity index (χ0) is 17.9. The molecule has 3 rings (SSSR count). The Balaban J connectivity index is 1.98. The molecule has 0 aliphatic carbocycles. The summed E-state index contributed by atoms with van der Waals surface area (Å²) in [5.74, 6) is 1.29. The van der Waals surface area contributed by atoms with Gasteiger partial charge in [-0.1, -0.05) is 30.3 Å². The minimum absolute atomic E-state index is 0.118. The second-order valence-electron chi connectivity index (χ2n) is 5.99. The summed E-state index contributed by atoms with van der Waals surface area (Å²) in [6.45, 7) is 3.92. The number of morpholine rings is 1. The molecule has 0 saturated carbocycles. The maximum absolute atomic E-state index is 11.3. The third-order valence-electron chi connectivity index (χ3n) is 3.88. The van der Waals surface area contributed by atoms with Crippen LogP contribution in [-0.4, -0.2) is 50.4 Å². The quantitative estimate of drug-likeness (QED) is 0.750. The minimum atomic E-state index is -3.54. The first-order valence-electron chi connectivity index (χ1n) is 8.04. The molecule has 25 heavy (non-hydrogen) atoms. The summed E-state index contributed by atoms with van der Waals surface area (Å²) in [5.41, 5.74) is 1.39. The van der Waals surface area contributed by atoms with Crippen molar-refractivity contribution in [2.45, 2.75) is 19.6 Å². The first-order valence-corrected chi connectivity index (χ1v) is 9.86. The van der Waals surface area contributed by atoms with Crippen LogP contribution in [0.4, 0.5) is 5.82 Å². The Morgan fingerprint density at radius 3 is 2.72 bits per heavy atom. The van der Waals surface area contributed by atoms with Gasteiger partial charge in [0.2, 0.25) is 0 Å². The molecule has 2 heterocycles. The van der Waals surface area contributed by atoms with Gasteiger partial charge in [0.1, 0.15) is 12.4 Å². The molecule has 1 aliphatic heterocycles. The van der Waals surface area contributed by atoms with Crippen LogP contribution in [-0.2, 0) is 25.6 Å². The second-order valence-corrected chi connectivity index (χ2v) is 7.63. The first kappa shape index (κ1) is 17.8. The zero-order valence-corrected chi connectivity index (χ0v) is 15.1. The monoisotopic (exact) mass is 363 g/mol. The number of hydrogen-bond donors (Lipinski definition) is 0. The maximum Gasteiger partial charge on any atom is 0.264 e. The fraction of sp³-hybridized carbons (Fsp3) is 0.412. The van der Waals surface area contributed by atoms with E-state index in [1.165, 1.54) is 0 Å². The number of benzene rings is 1. The number of anilines is 1. The van der Waals surface area contributed by atoms with E-state index in [4.69, 9.17) is 8.92 Å². The molecule has 0 unspecified atom stereocenters. The summed E-state index contributed by atoms with van der Waals surface area (Å²) >= 11 is 0. The predicted molar refractivity (Wildman–Crippen MR) is 94.7 cm³/mol. The lowest BCUT2D eigenvalue weighted by molar-refractivity contribution is 0.0985. The number of aromatic nitrogens is 2. The Hall–Kier alpha value is -2.03. The molecule has 0 radical (unpaired) electrons. The number of hydrogen-bond acceptors (Lipinski definition) is 7. The summed E-state index contributed by atoms with van der Waals surface area (Å²) in [6.07, 6.45) is 1.03. The van der Waals surface area contributed by atoms with Crippen molar-refractivity contribution in [3.63, 3.8) is 0 Å². The number of nitrogens with zero attached hydrogens (tertiary/aromatic N) is 3. The van der Waals surface area contributed by atoms with E-state index in [0.717, 1.165) is 24.2 Å². The van der Waals surface area contributed by atoms with E-state index in [-0.39, 0.29) is 12.6 Å². The topological polar surface area (TPSA) is 81.6 Å². The summed E-state index contributed by atoms with van der Waals surface area (Å²) in [5, 5.41) is 0. The zero-order valence-electron chi connectivity index (χ0n) is 14.3. The van der Waals surface area contributed by atoms with Gasteiger partial charge in [-0.2, -0.15) is 8.42 Å². The van der Waals surface area contributed by atoms with Gasteiger partial charge in [-0.3, -0.25) is 4.18 Å². The van der Waals surface area contributed by atoms with Gasteiger partial charge >= 0.3 is 0 Å². The molecule has 1 saturated heterocycles. The molecule has 7 nitrogen and oxygen atoms in total. The lowest BCUT2D eigenvalue weighted by Crippen LogP contribution is -2.44. The van der Waals surface area contributed by atoms with Gasteiger partial charge in [0.25, 0.3) is 10.1 Å². The van der Waals surface area contributed by atoms with Gasteiger partial charge in [0.05, 0.1) is 31.2 Å². The predicted octanol–water partition coefficient (Wildman–Crippen LogP) is 1.84. The Labute approximate surface area is 147 Å². The molecule has 1 aromatic heterocycles. The normalized spacial score (nSPS) is 18.3. The smallest absolute Gasteiger partial charge is 0.264 e. The van der Waals surface area contributed by atoms with E-state index < -0.39 is 10.1 Å². The molecule has 0 amide bonds. The summed E-state index contributed by atoms with van der Waals surface area (Å²) in [4.78, 5) is 11.3. The van der Waals surface area contributed by atoms with E-state index in [0.29, 0.717) is 24.7 Å². The van der Waals surface area contributed by atoms with E-state index in [1.807, 2.05) is 30.3 Å². The van der Waals surface area contributed by atoms with Crippen LogP contribution >= 0.6 is 0 Å². The third kappa shape index (κ3) is 4.75. The van der Waals surface area contributed by atoms with Gasteiger partial charge in [-0.15, -0.1) is 0 Å². The minimum Gasteiger partial charge on any atom is -0.377 e. The van der Waals surface area contributed by atoms with Crippen LogP contribution in [0.2, 0.25) is 0 Å². The van der Waals surface area contributed by atoms with Crippen molar-refractivity contribution in [1.82, 2.24) is 9.97 Å². The number of rotatable bonds is 5. The Kier molecular flexibility index (Phi) is 5.31. The van der Waals surface area contributed by atoms with Gasteiger partial charge < -0.3 is 9.64 Å². The van der Waals surface area contributed by atoms with Gasteiger partial charge in [0.15, 0.2) is 5.82 Å². The van der Waals surface area contributed by atoms with Crippen LogP contribution in [0.1, 0.15) is 12.6 Å². The third-order valence-corrected chi connectivity index (χ3v) is 4.43. The highest BCUT2D eigenvalue weighted by Gasteiger charge is 2.22. The molecule has 1 aromatic carbocycles. The Morgan fingerprint density at radius 1 is 1.28 bits per heavy atom. The van der Waals surface area contributed by atoms with E-state index in [1.54, 1.807) is 6.07 Å². The van der Waals surface area contributed by atoms with Crippen molar-refractivity contribution in [2.75, 3.05) is 30.9 Å². The van der Waals surface area contributed by atoms with Crippen molar-refractivity contribution >= 4 is 15.9 Å². The van der Waals surface area contributed by atoms with Crippen molar-refractivity contribution in [2.24, 2.45) is 0 Å². The van der Waals surface area contributed by atoms with Gasteiger partial charge in [-0.25, -0.2) is 9.97 Å².